The molecule has 4 rings (SSSR count). The molecule has 1 amide bonds. The Morgan fingerprint density at radius 2 is 1.96 bits per heavy atom. The van der Waals surface area contributed by atoms with Gasteiger partial charge in [0, 0.05) is 48.9 Å². The second-order valence-electron chi connectivity index (χ2n) is 6.66. The van der Waals surface area contributed by atoms with Crippen molar-refractivity contribution in [3.8, 4) is 11.5 Å². The molecule has 0 spiro atoms. The van der Waals surface area contributed by atoms with Crippen LogP contribution >= 0.6 is 0 Å². The number of piperidine rings is 1. The molecule has 26 heavy (non-hydrogen) atoms. The van der Waals surface area contributed by atoms with Crippen LogP contribution in [0, 0.1) is 6.92 Å². The van der Waals surface area contributed by atoms with E-state index in [9.17, 15) is 4.79 Å². The number of aromatic amines is 1. The van der Waals surface area contributed by atoms with Gasteiger partial charge >= 0.3 is 0 Å². The zero-order valence-corrected chi connectivity index (χ0v) is 14.7. The number of carbonyl (C=O) groups excluding carboxylic acids is 1. The number of aryl methyl sites for hydroxylation is 1. The van der Waals surface area contributed by atoms with Gasteiger partial charge < -0.3 is 9.88 Å². The predicted octanol–water partition coefficient (Wildman–Crippen LogP) is 3.19. The number of likely N-dealkylation sites (tertiary alicyclic amines) is 1. The lowest BCUT2D eigenvalue weighted by Gasteiger charge is -2.33. The van der Waals surface area contributed by atoms with Crippen molar-refractivity contribution in [3.63, 3.8) is 0 Å². The smallest absolute Gasteiger partial charge is 0.253 e. The summed E-state index contributed by atoms with van der Waals surface area (Å²) in [5, 5.41) is 0. The minimum absolute atomic E-state index is 0.0783. The average molecular weight is 347 g/mol. The van der Waals surface area contributed by atoms with Crippen LogP contribution in [-0.4, -0.2) is 43.8 Å². The zero-order chi connectivity index (χ0) is 17.9. The van der Waals surface area contributed by atoms with Crippen molar-refractivity contribution in [2.75, 3.05) is 13.1 Å². The van der Waals surface area contributed by atoms with Gasteiger partial charge in [-0.3, -0.25) is 9.78 Å². The Bertz CT molecular complexity index is 905. The van der Waals surface area contributed by atoms with Crippen LogP contribution in [0.2, 0.25) is 0 Å². The number of aromatic nitrogens is 4. The number of nitrogens with zero attached hydrogens (tertiary/aromatic N) is 4. The third kappa shape index (κ3) is 3.22. The molecule has 3 aromatic rings. The van der Waals surface area contributed by atoms with Crippen LogP contribution in [0.25, 0.3) is 11.5 Å². The Balaban J connectivity index is 1.60. The molecular weight excluding hydrogens is 326 g/mol. The molecule has 6 nitrogen and oxygen atoms in total. The number of amides is 1. The van der Waals surface area contributed by atoms with Gasteiger partial charge in [0.15, 0.2) is 5.82 Å². The second-order valence-corrected chi connectivity index (χ2v) is 6.66. The number of carbonyl (C=O) groups is 1. The number of H-pyrrole nitrogens is 1. The first-order valence-corrected chi connectivity index (χ1v) is 8.89. The molecule has 1 saturated heterocycles. The first-order chi connectivity index (χ1) is 12.7. The van der Waals surface area contributed by atoms with Crippen molar-refractivity contribution in [2.45, 2.75) is 25.7 Å². The monoisotopic (exact) mass is 347 g/mol. The van der Waals surface area contributed by atoms with Crippen molar-refractivity contribution in [1.82, 2.24) is 24.8 Å². The van der Waals surface area contributed by atoms with Crippen molar-refractivity contribution in [2.24, 2.45) is 0 Å². The highest BCUT2D eigenvalue weighted by Gasteiger charge is 2.28. The number of benzene rings is 1. The summed E-state index contributed by atoms with van der Waals surface area (Å²) in [7, 11) is 0. The molecule has 3 heterocycles. The van der Waals surface area contributed by atoms with Gasteiger partial charge in [-0.05, 0) is 31.9 Å². The van der Waals surface area contributed by atoms with Crippen molar-refractivity contribution < 1.29 is 4.79 Å². The molecular formula is C20H21N5O. The van der Waals surface area contributed by atoms with E-state index in [0.29, 0.717) is 6.54 Å². The summed E-state index contributed by atoms with van der Waals surface area (Å²) in [6, 6.07) is 9.45. The summed E-state index contributed by atoms with van der Waals surface area (Å²) in [6.07, 6.45) is 7.14. The highest BCUT2D eigenvalue weighted by atomic mass is 16.2. The molecule has 0 radical (unpaired) electrons. The van der Waals surface area contributed by atoms with Gasteiger partial charge in [-0.1, -0.05) is 18.2 Å². The summed E-state index contributed by atoms with van der Waals surface area (Å²) in [5.74, 6) is 0.970. The highest BCUT2D eigenvalue weighted by Crippen LogP contribution is 2.31. The Labute approximate surface area is 152 Å². The van der Waals surface area contributed by atoms with E-state index in [2.05, 4.69) is 19.9 Å². The van der Waals surface area contributed by atoms with Gasteiger partial charge in [0.05, 0.1) is 5.69 Å². The third-order valence-corrected chi connectivity index (χ3v) is 4.77. The molecule has 0 unspecified atom stereocenters. The maximum Gasteiger partial charge on any atom is 0.253 e. The van der Waals surface area contributed by atoms with Crippen LogP contribution in [0.5, 0.6) is 0 Å². The zero-order valence-electron chi connectivity index (χ0n) is 14.7. The Morgan fingerprint density at radius 1 is 1.15 bits per heavy atom. The molecule has 0 saturated carbocycles. The standard InChI is InChI=1S/C20H21N5O/c1-14-12-23-19(24-14)18-17(21-9-10-22-18)16-8-5-11-25(13-16)20(26)15-6-3-2-4-7-15/h2-4,6-7,9-10,12,16H,5,8,11,13H2,1H3,(H,23,24)/t16-/m1/s1. The molecule has 1 aromatic carbocycles. The number of nitrogens with one attached hydrogen (secondary N) is 1. The Morgan fingerprint density at radius 3 is 2.73 bits per heavy atom. The lowest BCUT2D eigenvalue weighted by Crippen LogP contribution is -2.39. The van der Waals surface area contributed by atoms with E-state index in [4.69, 9.17) is 0 Å². The summed E-state index contributed by atoms with van der Waals surface area (Å²) in [5.41, 5.74) is 3.40. The largest absolute Gasteiger partial charge is 0.341 e. The minimum Gasteiger partial charge on any atom is -0.341 e. The number of imidazole rings is 1. The first kappa shape index (κ1) is 16.4. The molecule has 0 aliphatic carbocycles. The van der Waals surface area contributed by atoms with E-state index in [0.717, 1.165) is 47.9 Å². The molecule has 0 bridgehead atoms. The topological polar surface area (TPSA) is 74.8 Å². The Hall–Kier alpha value is -3.02. The summed E-state index contributed by atoms with van der Waals surface area (Å²) < 4.78 is 0. The first-order valence-electron chi connectivity index (χ1n) is 8.89. The van der Waals surface area contributed by atoms with E-state index in [-0.39, 0.29) is 11.8 Å². The van der Waals surface area contributed by atoms with Crippen LogP contribution in [0.1, 0.15) is 40.5 Å². The number of hydrogen-bond acceptors (Lipinski definition) is 4. The summed E-state index contributed by atoms with van der Waals surface area (Å²) in [4.78, 5) is 31.5. The molecule has 6 heteroatoms. The van der Waals surface area contributed by atoms with Gasteiger partial charge in [0.2, 0.25) is 0 Å². The van der Waals surface area contributed by atoms with Crippen molar-refractivity contribution in [1.29, 1.82) is 0 Å². The third-order valence-electron chi connectivity index (χ3n) is 4.77. The molecule has 132 valence electrons. The van der Waals surface area contributed by atoms with Crippen molar-refractivity contribution in [3.05, 3.63) is 65.9 Å². The molecule has 2 aromatic heterocycles. The maximum absolute atomic E-state index is 12.8. The molecule has 1 aliphatic rings. The van der Waals surface area contributed by atoms with Crippen molar-refractivity contribution >= 4 is 5.91 Å². The fraction of sp³-hybridized carbons (Fsp3) is 0.300. The number of hydrogen-bond donors (Lipinski definition) is 1. The van der Waals surface area contributed by atoms with Gasteiger partial charge in [-0.2, -0.15) is 0 Å². The fourth-order valence-corrected chi connectivity index (χ4v) is 3.51. The van der Waals surface area contributed by atoms with Crippen LogP contribution in [0.15, 0.2) is 48.9 Å². The SMILES string of the molecule is Cc1cnc(-c2nccnc2[C@@H]2CCCN(C(=O)c3ccccc3)C2)[nH]1. The van der Waals surface area contributed by atoms with E-state index in [1.807, 2.05) is 42.2 Å². The average Bonchev–Trinajstić information content (AvgIpc) is 3.14. The summed E-state index contributed by atoms with van der Waals surface area (Å²) in [6.45, 7) is 3.40. The molecule has 1 N–H and O–H groups in total. The van der Waals surface area contributed by atoms with E-state index in [1.54, 1.807) is 18.6 Å². The maximum atomic E-state index is 12.8. The van der Waals surface area contributed by atoms with Crippen LogP contribution in [-0.2, 0) is 0 Å². The van der Waals surface area contributed by atoms with Gasteiger partial charge in [0.25, 0.3) is 5.91 Å². The quantitative estimate of drug-likeness (QED) is 0.789. The number of rotatable bonds is 3. The second kappa shape index (κ2) is 7.07. The van der Waals surface area contributed by atoms with Crippen LogP contribution in [0.4, 0.5) is 0 Å². The summed E-state index contributed by atoms with van der Waals surface area (Å²) >= 11 is 0. The lowest BCUT2D eigenvalue weighted by molar-refractivity contribution is 0.0706. The minimum atomic E-state index is 0.0783. The van der Waals surface area contributed by atoms with E-state index >= 15 is 0 Å². The highest BCUT2D eigenvalue weighted by molar-refractivity contribution is 5.94. The predicted molar refractivity (Wildman–Crippen MR) is 98.7 cm³/mol. The lowest BCUT2D eigenvalue weighted by atomic mass is 9.92. The molecule has 1 atom stereocenters. The van der Waals surface area contributed by atoms with E-state index < -0.39 is 0 Å². The van der Waals surface area contributed by atoms with Crippen LogP contribution < -0.4 is 0 Å². The Kier molecular flexibility index (Phi) is 4.48. The molecule has 1 fully saturated rings. The van der Waals surface area contributed by atoms with Gasteiger partial charge in [-0.25, -0.2) is 9.97 Å². The normalized spacial score (nSPS) is 17.3. The fourth-order valence-electron chi connectivity index (χ4n) is 3.51. The van der Waals surface area contributed by atoms with Crippen LogP contribution in [0.3, 0.4) is 0 Å². The van der Waals surface area contributed by atoms with Gasteiger partial charge in [0.1, 0.15) is 5.69 Å². The van der Waals surface area contributed by atoms with E-state index in [1.165, 1.54) is 0 Å². The van der Waals surface area contributed by atoms with Gasteiger partial charge in [-0.15, -0.1) is 0 Å². The molecule has 1 aliphatic heterocycles.